The van der Waals surface area contributed by atoms with E-state index in [1.165, 1.54) is 17.4 Å². The van der Waals surface area contributed by atoms with E-state index in [1.807, 2.05) is 11.5 Å². The number of esters is 1. The van der Waals surface area contributed by atoms with Crippen LogP contribution >= 0.6 is 27.3 Å². The van der Waals surface area contributed by atoms with Gasteiger partial charge < -0.3 is 18.8 Å². The number of hydrogen-bond acceptors (Lipinski definition) is 8. The molecule has 0 radical (unpaired) electrons. The van der Waals surface area contributed by atoms with E-state index < -0.39 is 23.2 Å². The van der Waals surface area contributed by atoms with Crippen molar-refractivity contribution in [2.24, 2.45) is 0 Å². The number of carbonyl (C=O) groups excluding carboxylic acids is 1. The molecule has 2 aromatic carbocycles. The number of thiazole rings is 1. The standard InChI is InChI=1S/C32H31BrF2N4O4S/c1-18(41-5)16-39-26-12-19(31(40)43-32(2,3)4)9-10-25(26)37-28(39)13-20-11-23(35)21(14-22(20)34)24-7-6-8-29(38-24)42-17-30-36-15-27(33)44-30/h6-12,14-15,18H,13,16-17H2,1-5H3. The maximum absolute atomic E-state index is 15.6. The summed E-state index contributed by atoms with van der Waals surface area (Å²) >= 11 is 4.80. The lowest BCUT2D eigenvalue weighted by atomic mass is 10.0. The van der Waals surface area contributed by atoms with Gasteiger partial charge in [0.15, 0.2) is 0 Å². The van der Waals surface area contributed by atoms with E-state index in [-0.39, 0.29) is 41.8 Å². The Morgan fingerprint density at radius 1 is 1.09 bits per heavy atom. The smallest absolute Gasteiger partial charge is 0.338 e. The van der Waals surface area contributed by atoms with Gasteiger partial charge in [-0.25, -0.2) is 28.5 Å². The van der Waals surface area contributed by atoms with Crippen LogP contribution in [0.25, 0.3) is 22.3 Å². The second-order valence-corrected chi connectivity index (χ2v) is 13.7. The summed E-state index contributed by atoms with van der Waals surface area (Å²) in [6.45, 7) is 7.88. The SMILES string of the molecule is COC(C)Cn1c(Cc2cc(F)c(-c3cccc(OCc4ncc(Br)s4)n3)cc2F)nc2ccc(C(=O)OC(C)(C)C)cc21. The number of methoxy groups -OCH3 is 1. The molecule has 0 saturated heterocycles. The van der Waals surface area contributed by atoms with Crippen molar-refractivity contribution in [2.45, 2.75) is 59.0 Å². The van der Waals surface area contributed by atoms with Crippen LogP contribution in [0.1, 0.15) is 54.4 Å². The Labute approximate surface area is 266 Å². The Hall–Kier alpha value is -3.74. The normalized spacial score (nSPS) is 12.5. The molecule has 3 aromatic heterocycles. The highest BCUT2D eigenvalue weighted by molar-refractivity contribution is 9.11. The highest BCUT2D eigenvalue weighted by Crippen LogP contribution is 2.29. The van der Waals surface area contributed by atoms with E-state index in [1.54, 1.807) is 70.5 Å². The van der Waals surface area contributed by atoms with E-state index >= 15 is 8.78 Å². The van der Waals surface area contributed by atoms with Gasteiger partial charge in [-0.3, -0.25) is 0 Å². The van der Waals surface area contributed by atoms with E-state index in [0.29, 0.717) is 29.0 Å². The molecule has 5 aromatic rings. The zero-order valence-corrected chi connectivity index (χ0v) is 27.3. The summed E-state index contributed by atoms with van der Waals surface area (Å²) in [5.41, 5.74) is 1.36. The van der Waals surface area contributed by atoms with Gasteiger partial charge in [-0.05, 0) is 85.6 Å². The number of rotatable bonds is 10. The van der Waals surface area contributed by atoms with Crippen molar-refractivity contribution in [2.75, 3.05) is 7.11 Å². The van der Waals surface area contributed by atoms with Gasteiger partial charge in [0, 0.05) is 25.2 Å². The molecule has 1 atom stereocenters. The Balaban J connectivity index is 1.43. The van der Waals surface area contributed by atoms with Gasteiger partial charge in [-0.1, -0.05) is 6.07 Å². The zero-order chi connectivity index (χ0) is 31.6. The monoisotopic (exact) mass is 684 g/mol. The Kier molecular flexibility index (Phi) is 9.42. The number of pyridine rings is 1. The lowest BCUT2D eigenvalue weighted by Gasteiger charge is -2.19. The molecule has 0 aliphatic carbocycles. The number of carbonyl (C=O) groups is 1. The summed E-state index contributed by atoms with van der Waals surface area (Å²) in [5, 5.41) is 0.748. The average molecular weight is 686 g/mol. The van der Waals surface area contributed by atoms with Crippen molar-refractivity contribution in [1.29, 1.82) is 0 Å². The van der Waals surface area contributed by atoms with Gasteiger partial charge in [0.05, 0.1) is 44.9 Å². The second kappa shape index (κ2) is 13.1. The lowest BCUT2D eigenvalue weighted by Crippen LogP contribution is -2.24. The highest BCUT2D eigenvalue weighted by atomic mass is 79.9. The molecule has 8 nitrogen and oxygen atoms in total. The fourth-order valence-electron chi connectivity index (χ4n) is 4.53. The minimum Gasteiger partial charge on any atom is -0.470 e. The lowest BCUT2D eigenvalue weighted by molar-refractivity contribution is 0.00696. The Morgan fingerprint density at radius 2 is 1.89 bits per heavy atom. The van der Waals surface area contributed by atoms with Crippen LogP contribution in [0, 0.1) is 11.6 Å². The number of benzene rings is 2. The predicted molar refractivity (Wildman–Crippen MR) is 168 cm³/mol. The summed E-state index contributed by atoms with van der Waals surface area (Å²) < 4.78 is 50.5. The molecule has 0 bridgehead atoms. The third-order valence-corrected chi connectivity index (χ3v) is 8.11. The topological polar surface area (TPSA) is 88.4 Å². The summed E-state index contributed by atoms with van der Waals surface area (Å²) in [6.07, 6.45) is 1.48. The molecule has 3 heterocycles. The van der Waals surface area contributed by atoms with Gasteiger partial charge in [-0.2, -0.15) is 0 Å². The molecule has 0 saturated carbocycles. The molecular weight excluding hydrogens is 654 g/mol. The first-order valence-corrected chi connectivity index (χ1v) is 15.4. The molecule has 0 aliphatic heterocycles. The molecular formula is C32H31BrF2N4O4S. The fraction of sp³-hybridized carbons (Fsp3) is 0.312. The van der Waals surface area contributed by atoms with E-state index in [0.717, 1.165) is 14.9 Å². The van der Waals surface area contributed by atoms with Crippen LogP contribution in [0.4, 0.5) is 8.78 Å². The quantitative estimate of drug-likeness (QED) is 0.139. The predicted octanol–water partition coefficient (Wildman–Crippen LogP) is 7.76. The summed E-state index contributed by atoms with van der Waals surface area (Å²) in [5.74, 6) is -0.926. The first-order chi connectivity index (χ1) is 20.9. The van der Waals surface area contributed by atoms with Crippen LogP contribution in [0.15, 0.2) is 58.5 Å². The summed E-state index contributed by atoms with van der Waals surface area (Å²) in [7, 11) is 1.59. The molecule has 0 amide bonds. The summed E-state index contributed by atoms with van der Waals surface area (Å²) in [6, 6.07) is 12.3. The summed E-state index contributed by atoms with van der Waals surface area (Å²) in [4.78, 5) is 26.1. The Morgan fingerprint density at radius 3 is 2.59 bits per heavy atom. The fourth-order valence-corrected chi connectivity index (χ4v) is 5.75. The molecule has 5 rings (SSSR count). The molecule has 230 valence electrons. The van der Waals surface area contributed by atoms with Crippen molar-refractivity contribution < 1.29 is 27.8 Å². The minimum absolute atomic E-state index is 0.00979. The first kappa shape index (κ1) is 31.7. The molecule has 0 fully saturated rings. The van der Waals surface area contributed by atoms with E-state index in [4.69, 9.17) is 19.2 Å². The third kappa shape index (κ3) is 7.48. The molecule has 0 spiro atoms. The first-order valence-electron chi connectivity index (χ1n) is 13.8. The van der Waals surface area contributed by atoms with Gasteiger partial charge in [0.25, 0.3) is 0 Å². The van der Waals surface area contributed by atoms with Gasteiger partial charge in [0.2, 0.25) is 5.88 Å². The van der Waals surface area contributed by atoms with Gasteiger partial charge in [0.1, 0.15) is 34.7 Å². The van der Waals surface area contributed by atoms with E-state index in [9.17, 15) is 4.79 Å². The number of halogens is 3. The Bertz CT molecular complexity index is 1820. The van der Waals surface area contributed by atoms with Crippen LogP contribution < -0.4 is 4.74 Å². The number of imidazole rings is 1. The zero-order valence-electron chi connectivity index (χ0n) is 24.9. The maximum Gasteiger partial charge on any atom is 0.338 e. The van der Waals surface area contributed by atoms with Crippen LogP contribution in [-0.4, -0.2) is 44.3 Å². The van der Waals surface area contributed by atoms with Crippen molar-refractivity contribution in [1.82, 2.24) is 19.5 Å². The number of aromatic nitrogens is 4. The number of ether oxygens (including phenoxy) is 3. The molecule has 12 heteroatoms. The minimum atomic E-state index is -0.654. The number of fused-ring (bicyclic) bond motifs is 1. The van der Waals surface area contributed by atoms with Gasteiger partial charge in [-0.15, -0.1) is 11.3 Å². The molecule has 1 unspecified atom stereocenters. The maximum atomic E-state index is 15.6. The second-order valence-electron chi connectivity index (χ2n) is 11.2. The van der Waals surface area contributed by atoms with Crippen molar-refractivity contribution in [3.8, 4) is 17.1 Å². The number of hydrogen-bond donors (Lipinski definition) is 0. The van der Waals surface area contributed by atoms with Crippen LogP contribution in [-0.2, 0) is 29.0 Å². The average Bonchev–Trinajstić information content (AvgIpc) is 3.54. The highest BCUT2D eigenvalue weighted by Gasteiger charge is 2.22. The number of nitrogens with zero attached hydrogens (tertiary/aromatic N) is 4. The molecule has 0 aliphatic rings. The van der Waals surface area contributed by atoms with Gasteiger partial charge >= 0.3 is 5.97 Å². The largest absolute Gasteiger partial charge is 0.470 e. The van der Waals surface area contributed by atoms with Crippen LogP contribution in [0.5, 0.6) is 5.88 Å². The molecule has 0 N–H and O–H groups in total. The van der Waals surface area contributed by atoms with Crippen molar-refractivity contribution >= 4 is 44.3 Å². The van der Waals surface area contributed by atoms with Crippen LogP contribution in [0.2, 0.25) is 0 Å². The third-order valence-electron chi connectivity index (χ3n) is 6.66. The molecule has 44 heavy (non-hydrogen) atoms. The van der Waals surface area contributed by atoms with Crippen molar-refractivity contribution in [3.63, 3.8) is 0 Å². The van der Waals surface area contributed by atoms with Crippen molar-refractivity contribution in [3.05, 3.63) is 92.1 Å². The van der Waals surface area contributed by atoms with E-state index in [2.05, 4.69) is 25.9 Å². The van der Waals surface area contributed by atoms with Crippen LogP contribution in [0.3, 0.4) is 0 Å².